The van der Waals surface area contributed by atoms with Gasteiger partial charge in [0, 0.05) is 13.1 Å². The second kappa shape index (κ2) is 3.36. The molecule has 0 saturated carbocycles. The molecule has 1 spiro atoms. The van der Waals surface area contributed by atoms with Crippen LogP contribution < -0.4 is 11.1 Å². The molecule has 2 fully saturated rings. The summed E-state index contributed by atoms with van der Waals surface area (Å²) in [7, 11) is 0. The van der Waals surface area contributed by atoms with Crippen LogP contribution in [-0.4, -0.2) is 47.0 Å². The van der Waals surface area contributed by atoms with Gasteiger partial charge in [-0.25, -0.2) is 4.79 Å². The fraction of sp³-hybridized carbons (Fsp3) is 0.667. The molecule has 2 aliphatic heterocycles. The maximum Gasteiger partial charge on any atom is 0.408 e. The van der Waals surface area contributed by atoms with Crippen molar-refractivity contribution < 1.29 is 19.5 Å². The van der Waals surface area contributed by atoms with Crippen LogP contribution in [0.2, 0.25) is 0 Å². The Hall–Kier alpha value is -1.79. The van der Waals surface area contributed by atoms with Gasteiger partial charge in [0.25, 0.3) is 0 Å². The summed E-state index contributed by atoms with van der Waals surface area (Å²) >= 11 is 0. The summed E-state index contributed by atoms with van der Waals surface area (Å²) in [5, 5.41) is 11.6. The lowest BCUT2D eigenvalue weighted by Gasteiger charge is -2.19. The molecule has 16 heavy (non-hydrogen) atoms. The van der Waals surface area contributed by atoms with Crippen molar-refractivity contribution >= 4 is 17.9 Å². The second-order valence-electron chi connectivity index (χ2n) is 4.32. The van der Waals surface area contributed by atoms with Crippen molar-refractivity contribution in [3.8, 4) is 0 Å². The Morgan fingerprint density at radius 3 is 2.62 bits per heavy atom. The number of amides is 3. The molecule has 2 aliphatic rings. The third kappa shape index (κ3) is 1.39. The van der Waals surface area contributed by atoms with Crippen molar-refractivity contribution in [3.05, 3.63) is 0 Å². The van der Waals surface area contributed by atoms with Crippen LogP contribution in [0.4, 0.5) is 4.79 Å². The third-order valence-corrected chi connectivity index (χ3v) is 3.38. The molecule has 2 saturated heterocycles. The number of nitrogens with one attached hydrogen (secondary N) is 1. The van der Waals surface area contributed by atoms with Crippen molar-refractivity contribution in [3.63, 3.8) is 0 Å². The van der Waals surface area contributed by atoms with Crippen LogP contribution in [0.3, 0.4) is 0 Å². The number of primary amides is 1. The highest BCUT2D eigenvalue weighted by Gasteiger charge is 2.54. The average molecular weight is 227 g/mol. The summed E-state index contributed by atoms with van der Waals surface area (Å²) in [6.45, 7) is 0.583. The lowest BCUT2D eigenvalue weighted by atomic mass is 9.84. The number of likely N-dealkylation sites (tertiary alicyclic amines) is 1. The van der Waals surface area contributed by atoms with E-state index in [0.29, 0.717) is 13.0 Å². The number of hydrogen-bond acceptors (Lipinski definition) is 3. The van der Waals surface area contributed by atoms with Gasteiger partial charge in [0.1, 0.15) is 6.04 Å². The minimum absolute atomic E-state index is 0.0573. The van der Waals surface area contributed by atoms with Gasteiger partial charge < -0.3 is 16.2 Å². The van der Waals surface area contributed by atoms with Crippen LogP contribution in [0, 0.1) is 5.41 Å². The molecule has 7 heteroatoms. The van der Waals surface area contributed by atoms with E-state index in [2.05, 4.69) is 5.32 Å². The highest BCUT2D eigenvalue weighted by Crippen LogP contribution is 2.40. The number of nitrogens with zero attached hydrogens (tertiary/aromatic N) is 1. The first kappa shape index (κ1) is 10.7. The molecular weight excluding hydrogens is 214 g/mol. The zero-order valence-corrected chi connectivity index (χ0v) is 8.60. The molecule has 2 atom stereocenters. The molecule has 0 aliphatic carbocycles. The number of carbonyl (C=O) groups excluding carboxylic acids is 2. The van der Waals surface area contributed by atoms with Crippen molar-refractivity contribution in [1.29, 1.82) is 0 Å². The van der Waals surface area contributed by atoms with Gasteiger partial charge in [0.15, 0.2) is 0 Å². The van der Waals surface area contributed by atoms with E-state index in [-0.39, 0.29) is 18.9 Å². The van der Waals surface area contributed by atoms with Crippen molar-refractivity contribution in [1.82, 2.24) is 10.2 Å². The van der Waals surface area contributed by atoms with E-state index in [9.17, 15) is 14.4 Å². The lowest BCUT2D eigenvalue weighted by Crippen LogP contribution is -2.43. The summed E-state index contributed by atoms with van der Waals surface area (Å²) < 4.78 is 0. The highest BCUT2D eigenvalue weighted by molar-refractivity contribution is 5.91. The largest absolute Gasteiger partial charge is 0.465 e. The second-order valence-corrected chi connectivity index (χ2v) is 4.32. The van der Waals surface area contributed by atoms with Gasteiger partial charge in [0.2, 0.25) is 11.8 Å². The fourth-order valence-corrected chi connectivity index (χ4v) is 2.50. The van der Waals surface area contributed by atoms with Crippen molar-refractivity contribution in [2.24, 2.45) is 11.1 Å². The molecule has 3 amide bonds. The number of nitrogens with two attached hydrogens (primary N) is 1. The molecule has 7 nitrogen and oxygen atoms in total. The van der Waals surface area contributed by atoms with Gasteiger partial charge in [0.05, 0.1) is 5.41 Å². The van der Waals surface area contributed by atoms with Crippen LogP contribution in [0.15, 0.2) is 0 Å². The van der Waals surface area contributed by atoms with Crippen molar-refractivity contribution in [2.45, 2.75) is 18.9 Å². The van der Waals surface area contributed by atoms with E-state index in [1.165, 1.54) is 0 Å². The topological polar surface area (TPSA) is 113 Å². The quantitative estimate of drug-likeness (QED) is 0.518. The van der Waals surface area contributed by atoms with Gasteiger partial charge in [-0.2, -0.15) is 0 Å². The summed E-state index contributed by atoms with van der Waals surface area (Å²) in [4.78, 5) is 34.7. The van der Waals surface area contributed by atoms with Crippen LogP contribution in [0.5, 0.6) is 0 Å². The smallest absolute Gasteiger partial charge is 0.408 e. The molecule has 2 heterocycles. The third-order valence-electron chi connectivity index (χ3n) is 3.38. The molecule has 0 aromatic carbocycles. The first-order valence-electron chi connectivity index (χ1n) is 5.03. The van der Waals surface area contributed by atoms with Crippen LogP contribution in [0.1, 0.15) is 12.8 Å². The molecule has 0 aromatic heterocycles. The van der Waals surface area contributed by atoms with Crippen molar-refractivity contribution in [2.75, 3.05) is 13.1 Å². The van der Waals surface area contributed by atoms with Gasteiger partial charge in [-0.15, -0.1) is 0 Å². The van der Waals surface area contributed by atoms with E-state index in [1.54, 1.807) is 0 Å². The molecule has 0 radical (unpaired) electrons. The minimum Gasteiger partial charge on any atom is -0.465 e. The molecule has 2 rings (SSSR count). The van der Waals surface area contributed by atoms with Gasteiger partial charge in [-0.05, 0) is 12.8 Å². The summed E-state index contributed by atoms with van der Waals surface area (Å²) in [6.07, 6.45) is -0.458. The maximum atomic E-state index is 11.7. The monoisotopic (exact) mass is 227 g/mol. The Labute approximate surface area is 91.6 Å². The first-order valence-corrected chi connectivity index (χ1v) is 5.03. The summed E-state index contributed by atoms with van der Waals surface area (Å²) in [6, 6.07) is -0.888. The van der Waals surface area contributed by atoms with Gasteiger partial charge in [-0.3, -0.25) is 14.5 Å². The average Bonchev–Trinajstić information content (AvgIpc) is 2.74. The SMILES string of the molecule is NC(=O)[C@@H]1C[C@@]2(CCNC2=O)CN1C(=O)O. The van der Waals surface area contributed by atoms with E-state index in [4.69, 9.17) is 10.8 Å². The molecule has 0 unspecified atom stereocenters. The van der Waals surface area contributed by atoms with Crippen LogP contribution in [-0.2, 0) is 9.59 Å². The van der Waals surface area contributed by atoms with E-state index in [0.717, 1.165) is 4.90 Å². The predicted molar refractivity (Wildman–Crippen MR) is 52.4 cm³/mol. The lowest BCUT2D eigenvalue weighted by molar-refractivity contribution is -0.127. The van der Waals surface area contributed by atoms with E-state index >= 15 is 0 Å². The Balaban J connectivity index is 2.27. The van der Waals surface area contributed by atoms with E-state index in [1.807, 2.05) is 0 Å². The summed E-state index contributed by atoms with van der Waals surface area (Å²) in [5.74, 6) is -0.874. The maximum absolute atomic E-state index is 11.7. The minimum atomic E-state index is -1.21. The predicted octanol–water partition coefficient (Wildman–Crippen LogP) is -1.27. The Bertz CT molecular complexity index is 346. The molecule has 4 N–H and O–H groups in total. The van der Waals surface area contributed by atoms with Gasteiger partial charge >= 0.3 is 6.09 Å². The first-order chi connectivity index (χ1) is 7.46. The summed E-state index contributed by atoms with van der Waals surface area (Å²) in [5.41, 5.74) is 4.39. The Kier molecular flexibility index (Phi) is 2.25. The number of rotatable bonds is 1. The van der Waals surface area contributed by atoms with Gasteiger partial charge in [-0.1, -0.05) is 0 Å². The molecule has 88 valence electrons. The number of hydrogen-bond donors (Lipinski definition) is 3. The zero-order valence-electron chi connectivity index (χ0n) is 8.60. The van der Waals surface area contributed by atoms with Crippen LogP contribution >= 0.6 is 0 Å². The highest BCUT2D eigenvalue weighted by atomic mass is 16.4. The molecule has 0 bridgehead atoms. The Morgan fingerprint density at radius 1 is 1.56 bits per heavy atom. The Morgan fingerprint density at radius 2 is 2.25 bits per heavy atom. The zero-order chi connectivity index (χ0) is 11.9. The molecular formula is C9H13N3O4. The standard InChI is InChI=1S/C9H13N3O4/c10-6(13)5-3-9(1-2-11-7(9)14)4-12(5)8(15)16/h5H,1-4H2,(H2,10,13)(H,11,14)(H,15,16)/t5-,9-/m0/s1. The van der Waals surface area contributed by atoms with Crippen LogP contribution in [0.25, 0.3) is 0 Å². The van der Waals surface area contributed by atoms with E-state index < -0.39 is 23.5 Å². The normalized spacial score (nSPS) is 33.1. The number of carboxylic acid groups (broad SMARTS) is 1. The fourth-order valence-electron chi connectivity index (χ4n) is 2.50. The molecule has 0 aromatic rings. The number of carbonyl (C=O) groups is 3.